The van der Waals surface area contributed by atoms with Gasteiger partial charge in [0.2, 0.25) is 0 Å². The summed E-state index contributed by atoms with van der Waals surface area (Å²) in [7, 11) is 0. The molecule has 5 heteroatoms. The fourth-order valence-electron chi connectivity index (χ4n) is 2.18. The number of amides is 1. The van der Waals surface area contributed by atoms with Gasteiger partial charge in [-0.05, 0) is 51.0 Å². The minimum absolute atomic E-state index is 0.0395. The van der Waals surface area contributed by atoms with Crippen molar-refractivity contribution in [3.05, 3.63) is 28.8 Å². The van der Waals surface area contributed by atoms with E-state index in [1.54, 1.807) is 17.0 Å². The van der Waals surface area contributed by atoms with E-state index in [1.165, 1.54) is 6.92 Å². The van der Waals surface area contributed by atoms with Gasteiger partial charge in [-0.25, -0.2) is 4.79 Å². The number of carbonyl (C=O) groups is 2. The van der Waals surface area contributed by atoms with Crippen molar-refractivity contribution in [1.29, 1.82) is 0 Å². The van der Waals surface area contributed by atoms with Crippen LogP contribution in [0.1, 0.15) is 49.2 Å². The maximum atomic E-state index is 12.0. The molecule has 0 aromatic heterocycles. The maximum Gasteiger partial charge on any atom is 0.410 e. The Kier molecular flexibility index (Phi) is 3.46. The van der Waals surface area contributed by atoms with Gasteiger partial charge in [0, 0.05) is 13.1 Å². The van der Waals surface area contributed by atoms with E-state index in [2.05, 4.69) is 0 Å². The van der Waals surface area contributed by atoms with Crippen LogP contribution >= 0.6 is 0 Å². The highest BCUT2D eigenvalue weighted by molar-refractivity contribution is 5.97. The van der Waals surface area contributed by atoms with Crippen molar-refractivity contribution in [1.82, 2.24) is 4.90 Å². The van der Waals surface area contributed by atoms with Crippen molar-refractivity contribution < 1.29 is 19.4 Å². The van der Waals surface area contributed by atoms with Crippen LogP contribution in [0.15, 0.2) is 12.1 Å². The van der Waals surface area contributed by atoms with Gasteiger partial charge in [0.05, 0.1) is 5.56 Å². The summed E-state index contributed by atoms with van der Waals surface area (Å²) >= 11 is 0. The summed E-state index contributed by atoms with van der Waals surface area (Å²) in [4.78, 5) is 25.0. The van der Waals surface area contributed by atoms with E-state index in [1.807, 2.05) is 20.8 Å². The number of hydrogen-bond acceptors (Lipinski definition) is 4. The lowest BCUT2D eigenvalue weighted by molar-refractivity contribution is 0.0241. The molecule has 1 amide bonds. The van der Waals surface area contributed by atoms with Gasteiger partial charge in [0.1, 0.15) is 11.4 Å². The zero-order valence-electron chi connectivity index (χ0n) is 12.2. The molecule has 20 heavy (non-hydrogen) atoms. The van der Waals surface area contributed by atoms with E-state index < -0.39 is 11.7 Å². The molecule has 1 aliphatic rings. The van der Waals surface area contributed by atoms with Crippen LogP contribution in [-0.4, -0.2) is 27.5 Å². The van der Waals surface area contributed by atoms with Crippen LogP contribution in [-0.2, 0) is 17.8 Å². The zero-order chi connectivity index (χ0) is 15.1. The second kappa shape index (κ2) is 4.81. The van der Waals surface area contributed by atoms with Gasteiger partial charge in [0.15, 0.2) is 5.78 Å². The molecule has 0 aliphatic carbocycles. The van der Waals surface area contributed by atoms with Crippen molar-refractivity contribution in [2.75, 3.05) is 0 Å². The van der Waals surface area contributed by atoms with Crippen molar-refractivity contribution in [3.63, 3.8) is 0 Å². The average Bonchev–Trinajstić information content (AvgIpc) is 2.68. The number of Topliss-reactive ketones (excluding diaryl/α,β-unsaturated/α-hetero) is 1. The molecular formula is C15H19NO4. The Morgan fingerprint density at radius 2 is 1.75 bits per heavy atom. The standard InChI is InChI=1S/C15H19NO4/c1-9(17)12-5-10-7-16(8-11(10)6-13(12)18)14(19)20-15(2,3)4/h5-6,18H,7-8H2,1-4H3. The Labute approximate surface area is 118 Å². The Morgan fingerprint density at radius 1 is 1.20 bits per heavy atom. The smallest absolute Gasteiger partial charge is 0.410 e. The first-order valence-corrected chi connectivity index (χ1v) is 6.51. The highest BCUT2D eigenvalue weighted by atomic mass is 16.6. The van der Waals surface area contributed by atoms with E-state index >= 15 is 0 Å². The summed E-state index contributed by atoms with van der Waals surface area (Å²) in [6, 6.07) is 3.20. The van der Waals surface area contributed by atoms with Crippen molar-refractivity contribution in [2.45, 2.75) is 46.4 Å². The van der Waals surface area contributed by atoms with E-state index in [0.717, 1.165) is 11.1 Å². The lowest BCUT2D eigenvalue weighted by Gasteiger charge is -2.24. The SMILES string of the molecule is CC(=O)c1cc2c(cc1O)CN(C(=O)OC(C)(C)C)C2. The molecule has 1 heterocycles. The molecule has 1 aromatic carbocycles. The molecule has 108 valence electrons. The molecule has 1 aliphatic heterocycles. The van der Waals surface area contributed by atoms with Crippen LogP contribution in [0, 0.1) is 0 Å². The Bertz CT molecular complexity index is 572. The molecule has 0 fully saturated rings. The fraction of sp³-hybridized carbons (Fsp3) is 0.467. The summed E-state index contributed by atoms with van der Waals surface area (Å²) in [5, 5.41) is 9.80. The predicted molar refractivity (Wildman–Crippen MR) is 73.6 cm³/mol. The molecule has 1 aromatic rings. The first-order chi connectivity index (χ1) is 9.17. The van der Waals surface area contributed by atoms with Crippen LogP contribution < -0.4 is 0 Å². The largest absolute Gasteiger partial charge is 0.507 e. The number of rotatable bonds is 1. The zero-order valence-corrected chi connectivity index (χ0v) is 12.2. The van der Waals surface area contributed by atoms with Crippen molar-refractivity contribution >= 4 is 11.9 Å². The van der Waals surface area contributed by atoms with Gasteiger partial charge in [-0.1, -0.05) is 0 Å². The molecule has 5 nitrogen and oxygen atoms in total. The predicted octanol–water partition coefficient (Wildman–Crippen LogP) is 2.85. The Hall–Kier alpha value is -2.04. The number of fused-ring (bicyclic) bond motifs is 1. The third-order valence-corrected chi connectivity index (χ3v) is 3.07. The van der Waals surface area contributed by atoms with Crippen molar-refractivity contribution in [2.24, 2.45) is 0 Å². The number of nitrogens with zero attached hydrogens (tertiary/aromatic N) is 1. The first kappa shape index (κ1) is 14.4. The molecule has 0 atom stereocenters. The summed E-state index contributed by atoms with van der Waals surface area (Å²) < 4.78 is 5.32. The molecule has 0 saturated heterocycles. The molecule has 0 radical (unpaired) electrons. The van der Waals surface area contributed by atoms with E-state index in [4.69, 9.17) is 4.74 Å². The molecule has 0 spiro atoms. The monoisotopic (exact) mass is 277 g/mol. The molecule has 0 saturated carbocycles. The number of carbonyl (C=O) groups excluding carboxylic acids is 2. The van der Waals surface area contributed by atoms with Gasteiger partial charge in [-0.15, -0.1) is 0 Å². The minimum Gasteiger partial charge on any atom is -0.507 e. The molecule has 2 rings (SSSR count). The Morgan fingerprint density at radius 3 is 2.25 bits per heavy atom. The summed E-state index contributed by atoms with van der Waals surface area (Å²) in [6.07, 6.45) is -0.391. The fourth-order valence-corrected chi connectivity index (χ4v) is 2.18. The van der Waals surface area contributed by atoms with Crippen LogP contribution in [0.2, 0.25) is 0 Å². The van der Waals surface area contributed by atoms with Gasteiger partial charge in [-0.2, -0.15) is 0 Å². The molecular weight excluding hydrogens is 258 g/mol. The average molecular weight is 277 g/mol. The highest BCUT2D eigenvalue weighted by Gasteiger charge is 2.28. The van der Waals surface area contributed by atoms with Crippen molar-refractivity contribution in [3.8, 4) is 5.75 Å². The van der Waals surface area contributed by atoms with Crippen LogP contribution in [0.5, 0.6) is 5.75 Å². The highest BCUT2D eigenvalue weighted by Crippen LogP contribution is 2.30. The molecule has 0 unspecified atom stereocenters. The summed E-state index contributed by atoms with van der Waals surface area (Å²) in [5.74, 6) is -0.233. The normalized spacial score (nSPS) is 14.1. The Balaban J connectivity index is 2.19. The third kappa shape index (κ3) is 2.92. The van der Waals surface area contributed by atoms with Gasteiger partial charge in [-0.3, -0.25) is 9.69 Å². The molecule has 1 N–H and O–H groups in total. The van der Waals surface area contributed by atoms with E-state index in [0.29, 0.717) is 13.1 Å². The molecule has 0 bridgehead atoms. The van der Waals surface area contributed by atoms with Gasteiger partial charge >= 0.3 is 6.09 Å². The first-order valence-electron chi connectivity index (χ1n) is 6.51. The third-order valence-electron chi connectivity index (χ3n) is 3.07. The van der Waals surface area contributed by atoms with E-state index in [-0.39, 0.29) is 17.1 Å². The number of ketones is 1. The number of phenols is 1. The second-order valence-electron chi connectivity index (χ2n) is 6.03. The van der Waals surface area contributed by atoms with Crippen LogP contribution in [0.25, 0.3) is 0 Å². The second-order valence-corrected chi connectivity index (χ2v) is 6.03. The number of hydrogen-bond donors (Lipinski definition) is 1. The quantitative estimate of drug-likeness (QED) is 0.801. The number of ether oxygens (including phenoxy) is 1. The van der Waals surface area contributed by atoms with Crippen LogP contribution in [0.3, 0.4) is 0 Å². The van der Waals surface area contributed by atoms with E-state index in [9.17, 15) is 14.7 Å². The van der Waals surface area contributed by atoms with Gasteiger partial charge in [0.25, 0.3) is 0 Å². The maximum absolute atomic E-state index is 12.0. The minimum atomic E-state index is -0.543. The van der Waals surface area contributed by atoms with Gasteiger partial charge < -0.3 is 9.84 Å². The lowest BCUT2D eigenvalue weighted by Crippen LogP contribution is -2.33. The number of benzene rings is 1. The number of phenolic OH excluding ortho intramolecular Hbond substituents is 1. The summed E-state index contributed by atoms with van der Waals surface area (Å²) in [5.41, 5.74) is 1.46. The number of aromatic hydroxyl groups is 1. The van der Waals surface area contributed by atoms with Crippen LogP contribution in [0.4, 0.5) is 4.79 Å². The topological polar surface area (TPSA) is 66.8 Å². The summed E-state index contributed by atoms with van der Waals surface area (Å²) in [6.45, 7) is 7.62. The lowest BCUT2D eigenvalue weighted by atomic mass is 10.0.